The van der Waals surface area contributed by atoms with E-state index in [0.717, 1.165) is 56.3 Å². The Morgan fingerprint density at radius 2 is 2.07 bits per heavy atom. The Bertz CT molecular complexity index is 794. The van der Waals surface area contributed by atoms with Crippen LogP contribution in [-0.2, 0) is 11.2 Å². The summed E-state index contributed by atoms with van der Waals surface area (Å²) >= 11 is 6.26. The van der Waals surface area contributed by atoms with E-state index in [9.17, 15) is 9.82 Å². The molecule has 1 N–H and O–H groups in total. The molecule has 2 aliphatic heterocycles. The highest BCUT2D eigenvalue weighted by atomic mass is 35.5. The largest absolute Gasteiger partial charge is 0.569 e. The van der Waals surface area contributed by atoms with Gasteiger partial charge in [-0.1, -0.05) is 11.6 Å². The van der Waals surface area contributed by atoms with Crippen LogP contribution in [0.1, 0.15) is 58.4 Å². The van der Waals surface area contributed by atoms with Crippen LogP contribution in [0.3, 0.4) is 0 Å². The molecule has 1 aliphatic carbocycles. The molecule has 0 bridgehead atoms. The zero-order chi connectivity index (χ0) is 20.8. The van der Waals surface area contributed by atoms with Crippen molar-refractivity contribution in [3.8, 4) is 5.75 Å². The summed E-state index contributed by atoms with van der Waals surface area (Å²) in [6.45, 7) is 7.25. The highest BCUT2D eigenvalue weighted by Crippen LogP contribution is 2.49. The Hall–Kier alpha value is -1.60. The second-order valence-corrected chi connectivity index (χ2v) is 9.90. The number of ether oxygens (including phenoxy) is 1. The number of rotatable bonds is 3. The summed E-state index contributed by atoms with van der Waals surface area (Å²) < 4.78 is 11.1. The molecule has 1 amide bonds. The van der Waals surface area contributed by atoms with Crippen molar-refractivity contribution in [1.29, 1.82) is 0 Å². The normalized spacial score (nSPS) is 22.9. The second kappa shape index (κ2) is 7.58. The smallest absolute Gasteiger partial charge is 0.536 e. The van der Waals surface area contributed by atoms with E-state index in [1.54, 1.807) is 6.07 Å². The van der Waals surface area contributed by atoms with Gasteiger partial charge in [0.15, 0.2) is 0 Å². The number of carbonyl (C=O) groups excluding carboxylic acids is 1. The summed E-state index contributed by atoms with van der Waals surface area (Å²) in [5.41, 5.74) is 1.50. The van der Waals surface area contributed by atoms with Crippen LogP contribution in [0.15, 0.2) is 12.1 Å². The lowest BCUT2D eigenvalue weighted by Crippen LogP contribution is -2.53. The Kier molecular flexibility index (Phi) is 5.40. The molecule has 2 fully saturated rings. The molecule has 1 spiro atoms. The van der Waals surface area contributed by atoms with Crippen LogP contribution in [0.2, 0.25) is 5.02 Å². The summed E-state index contributed by atoms with van der Waals surface area (Å²) in [7, 11) is 0.702. The summed E-state index contributed by atoms with van der Waals surface area (Å²) in [5.74, 6) is 0.563. The molecule has 1 saturated heterocycles. The molecule has 1 radical (unpaired) electrons. The molecular formula is C21H29BClN2O4. The molecule has 8 heteroatoms. The van der Waals surface area contributed by atoms with Crippen LogP contribution in [0.5, 0.6) is 5.75 Å². The molecule has 2 heterocycles. The number of amides is 1. The number of fused-ring (bicyclic) bond motifs is 1. The maximum atomic E-state index is 13.0. The van der Waals surface area contributed by atoms with Gasteiger partial charge in [0.05, 0.1) is 5.69 Å². The maximum Gasteiger partial charge on any atom is 0.569 e. The third-order valence-electron chi connectivity index (χ3n) is 6.35. The zero-order valence-corrected chi connectivity index (χ0v) is 18.2. The summed E-state index contributed by atoms with van der Waals surface area (Å²) in [6, 6.07) is 3.90. The molecule has 1 aromatic rings. The van der Waals surface area contributed by atoms with E-state index in [-0.39, 0.29) is 17.7 Å². The fourth-order valence-electron chi connectivity index (χ4n) is 5.08. The Morgan fingerprint density at radius 3 is 2.69 bits per heavy atom. The number of nitrogens with zero attached hydrogens (tertiary/aromatic N) is 2. The van der Waals surface area contributed by atoms with Crippen molar-refractivity contribution in [3.63, 3.8) is 0 Å². The van der Waals surface area contributed by atoms with Gasteiger partial charge in [0.25, 0.3) is 0 Å². The predicted octanol–water partition coefficient (Wildman–Crippen LogP) is 3.93. The fourth-order valence-corrected chi connectivity index (χ4v) is 5.31. The quantitative estimate of drug-likeness (QED) is 0.752. The van der Waals surface area contributed by atoms with Crippen LogP contribution < -0.4 is 9.55 Å². The number of hydrogen-bond donors (Lipinski definition) is 1. The summed E-state index contributed by atoms with van der Waals surface area (Å²) in [5, 5.41) is 9.84. The van der Waals surface area contributed by atoms with Gasteiger partial charge in [-0.2, -0.15) is 0 Å². The minimum Gasteiger partial charge on any atom is -0.536 e. The van der Waals surface area contributed by atoms with Crippen molar-refractivity contribution in [2.75, 3.05) is 18.0 Å². The average Bonchev–Trinajstić information content (AvgIpc) is 3.01. The molecule has 4 rings (SSSR count). The lowest BCUT2D eigenvalue weighted by Gasteiger charge is -2.45. The molecule has 1 aromatic carbocycles. The lowest BCUT2D eigenvalue weighted by atomic mass is 9.74. The van der Waals surface area contributed by atoms with Crippen molar-refractivity contribution in [3.05, 3.63) is 22.7 Å². The fraction of sp³-hybridized carbons (Fsp3) is 0.667. The van der Waals surface area contributed by atoms with Crippen molar-refractivity contribution < 1.29 is 19.2 Å². The van der Waals surface area contributed by atoms with Crippen LogP contribution in [-0.4, -0.2) is 54.0 Å². The maximum absolute atomic E-state index is 13.0. The molecule has 1 saturated carbocycles. The van der Waals surface area contributed by atoms with E-state index >= 15 is 0 Å². The Labute approximate surface area is 178 Å². The number of benzene rings is 1. The highest BCUT2D eigenvalue weighted by molar-refractivity contribution is 6.31. The molecule has 3 aliphatic rings. The topological polar surface area (TPSA) is 62.2 Å². The van der Waals surface area contributed by atoms with Gasteiger partial charge in [-0.3, -0.25) is 0 Å². The van der Waals surface area contributed by atoms with Gasteiger partial charge in [-0.25, -0.2) is 4.79 Å². The van der Waals surface area contributed by atoms with Crippen LogP contribution in [0.4, 0.5) is 10.5 Å². The number of hydrogen-bond acceptors (Lipinski definition) is 5. The molecule has 29 heavy (non-hydrogen) atoms. The first-order valence-corrected chi connectivity index (χ1v) is 10.8. The SMILES string of the molecule is CC(C)(C)OC(=O)N1CC(N2CCCc3cc(Cl)cc(O[B]O)c32)CC12CCC2. The van der Waals surface area contributed by atoms with Crippen molar-refractivity contribution in [1.82, 2.24) is 4.90 Å². The van der Waals surface area contributed by atoms with Crippen LogP contribution in [0, 0.1) is 0 Å². The summed E-state index contributed by atoms with van der Waals surface area (Å²) in [4.78, 5) is 17.3. The highest BCUT2D eigenvalue weighted by Gasteiger charge is 2.54. The molecule has 1 unspecified atom stereocenters. The second-order valence-electron chi connectivity index (χ2n) is 9.46. The van der Waals surface area contributed by atoms with E-state index in [1.807, 2.05) is 31.7 Å². The molecule has 0 aromatic heterocycles. The number of halogens is 1. The first-order valence-electron chi connectivity index (χ1n) is 10.4. The third-order valence-corrected chi connectivity index (χ3v) is 6.57. The van der Waals surface area contributed by atoms with E-state index in [2.05, 4.69) is 4.90 Å². The number of anilines is 1. The van der Waals surface area contributed by atoms with Gasteiger partial charge >= 0.3 is 13.8 Å². The van der Waals surface area contributed by atoms with E-state index in [4.69, 9.17) is 21.0 Å². The molecular weight excluding hydrogens is 391 g/mol. The standard InChI is InChI=1S/C21H29BClN2O4/c1-20(2,3)28-19(26)25-13-16(12-21(25)7-5-8-21)24-9-4-6-14-10-15(23)11-17(18(14)24)29-22-27/h10-11,16,27H,4-9,12-13H2,1-3H3. The number of aryl methyl sites for hydroxylation is 1. The Balaban J connectivity index is 1.63. The summed E-state index contributed by atoms with van der Waals surface area (Å²) in [6.07, 6.45) is 5.85. The van der Waals surface area contributed by atoms with Crippen LogP contribution in [0.25, 0.3) is 0 Å². The average molecular weight is 420 g/mol. The zero-order valence-electron chi connectivity index (χ0n) is 17.4. The van der Waals surface area contributed by atoms with E-state index in [0.29, 0.717) is 25.0 Å². The number of likely N-dealkylation sites (tertiary alicyclic amines) is 1. The van der Waals surface area contributed by atoms with Gasteiger partial charge in [0.1, 0.15) is 11.4 Å². The number of carbonyl (C=O) groups is 1. The van der Waals surface area contributed by atoms with Crippen molar-refractivity contribution in [2.45, 2.75) is 76.5 Å². The first kappa shape index (κ1) is 20.7. The minimum absolute atomic E-state index is 0.0961. The van der Waals surface area contributed by atoms with Gasteiger partial charge in [0, 0.05) is 29.7 Å². The minimum atomic E-state index is -0.507. The molecule has 157 valence electrons. The van der Waals surface area contributed by atoms with E-state index in [1.165, 1.54) is 0 Å². The lowest BCUT2D eigenvalue weighted by molar-refractivity contribution is -0.00978. The van der Waals surface area contributed by atoms with E-state index < -0.39 is 5.60 Å². The van der Waals surface area contributed by atoms with Crippen LogP contribution >= 0.6 is 11.6 Å². The molecule has 1 atom stereocenters. The van der Waals surface area contributed by atoms with Crippen molar-refractivity contribution in [2.24, 2.45) is 0 Å². The first-order chi connectivity index (χ1) is 13.7. The predicted molar refractivity (Wildman–Crippen MR) is 114 cm³/mol. The molecule has 6 nitrogen and oxygen atoms in total. The Morgan fingerprint density at radius 1 is 1.31 bits per heavy atom. The van der Waals surface area contributed by atoms with Gasteiger partial charge in [-0.15, -0.1) is 0 Å². The third kappa shape index (κ3) is 3.91. The van der Waals surface area contributed by atoms with Gasteiger partial charge < -0.3 is 24.2 Å². The van der Waals surface area contributed by atoms with Gasteiger partial charge in [-0.05, 0) is 77.0 Å². The van der Waals surface area contributed by atoms with Crippen molar-refractivity contribution >= 4 is 31.1 Å². The monoisotopic (exact) mass is 419 g/mol. The van der Waals surface area contributed by atoms with Gasteiger partial charge in [0.2, 0.25) is 0 Å².